The van der Waals surface area contributed by atoms with Crippen molar-refractivity contribution in [3.05, 3.63) is 35.3 Å². The number of amides is 1. The van der Waals surface area contributed by atoms with Gasteiger partial charge in [0.25, 0.3) is 5.91 Å². The van der Waals surface area contributed by atoms with Gasteiger partial charge in [0, 0.05) is 5.39 Å². The van der Waals surface area contributed by atoms with Gasteiger partial charge >= 0.3 is 0 Å². The molecule has 5 heteroatoms. The molecule has 0 unspecified atom stereocenters. The fourth-order valence-electron chi connectivity index (χ4n) is 2.23. The molecule has 5 nitrogen and oxygen atoms in total. The number of nitrogens with zero attached hydrogens (tertiary/aromatic N) is 2. The van der Waals surface area contributed by atoms with Gasteiger partial charge in [-0.2, -0.15) is 0 Å². The van der Waals surface area contributed by atoms with Crippen molar-refractivity contribution in [2.24, 2.45) is 11.5 Å². The van der Waals surface area contributed by atoms with Crippen LogP contribution in [0.1, 0.15) is 35.2 Å². The number of hydrogen-bond donors (Lipinski definition) is 2. The van der Waals surface area contributed by atoms with Crippen molar-refractivity contribution in [2.75, 3.05) is 6.54 Å². The number of carbonyl (C=O) groups is 1. The maximum atomic E-state index is 11.3. The van der Waals surface area contributed by atoms with Crippen molar-refractivity contribution in [3.8, 4) is 0 Å². The lowest BCUT2D eigenvalue weighted by atomic mass is 10.0. The van der Waals surface area contributed by atoms with Gasteiger partial charge in [-0.15, -0.1) is 0 Å². The van der Waals surface area contributed by atoms with Gasteiger partial charge in [0.1, 0.15) is 0 Å². The predicted octanol–water partition coefficient (Wildman–Crippen LogP) is 1.18. The lowest BCUT2D eigenvalue weighted by Gasteiger charge is -2.10. The standard InChI is InChI=1S/C14H18N4O/c1-2-4-10-12-9(7-8-15)5-3-6-11(12)18-14(17-10)13(16)19/h3,5-6H,2,4,7-8,15H2,1H3,(H2,16,19). The first kappa shape index (κ1) is 13.4. The summed E-state index contributed by atoms with van der Waals surface area (Å²) in [4.78, 5) is 19.8. The molecule has 0 atom stereocenters. The Morgan fingerprint density at radius 3 is 2.68 bits per heavy atom. The molecule has 2 aromatic rings. The maximum Gasteiger partial charge on any atom is 0.286 e. The van der Waals surface area contributed by atoms with Gasteiger partial charge in [0.05, 0.1) is 11.2 Å². The molecule has 1 amide bonds. The monoisotopic (exact) mass is 258 g/mol. The van der Waals surface area contributed by atoms with E-state index in [4.69, 9.17) is 11.5 Å². The minimum atomic E-state index is -0.594. The maximum absolute atomic E-state index is 11.3. The number of fused-ring (bicyclic) bond motifs is 1. The summed E-state index contributed by atoms with van der Waals surface area (Å²) in [5.74, 6) is -0.510. The molecule has 0 aliphatic rings. The van der Waals surface area contributed by atoms with Crippen LogP contribution < -0.4 is 11.5 Å². The van der Waals surface area contributed by atoms with Crippen molar-refractivity contribution in [1.29, 1.82) is 0 Å². The second-order valence-electron chi connectivity index (χ2n) is 4.46. The summed E-state index contributed by atoms with van der Waals surface area (Å²) in [7, 11) is 0. The van der Waals surface area contributed by atoms with Crippen LogP contribution in [0.15, 0.2) is 18.2 Å². The second kappa shape index (κ2) is 5.75. The van der Waals surface area contributed by atoms with Crippen LogP contribution in [-0.2, 0) is 12.8 Å². The SMILES string of the molecule is CCCc1nc(C(N)=O)nc2cccc(CCN)c12. The first-order chi connectivity index (χ1) is 9.17. The number of nitrogens with two attached hydrogens (primary N) is 2. The molecule has 0 spiro atoms. The van der Waals surface area contributed by atoms with Crippen LogP contribution in [0.2, 0.25) is 0 Å². The molecule has 0 aliphatic heterocycles. The van der Waals surface area contributed by atoms with Gasteiger partial charge in [-0.25, -0.2) is 9.97 Å². The number of primary amides is 1. The summed E-state index contributed by atoms with van der Waals surface area (Å²) in [6.45, 7) is 2.64. The number of carbonyl (C=O) groups excluding carboxylic acids is 1. The van der Waals surface area contributed by atoms with E-state index in [2.05, 4.69) is 16.9 Å². The Kier molecular flexibility index (Phi) is 4.06. The fraction of sp³-hybridized carbons (Fsp3) is 0.357. The van der Waals surface area contributed by atoms with Crippen molar-refractivity contribution >= 4 is 16.8 Å². The van der Waals surface area contributed by atoms with E-state index in [0.717, 1.165) is 41.4 Å². The lowest BCUT2D eigenvalue weighted by Crippen LogP contribution is -2.17. The largest absolute Gasteiger partial charge is 0.363 e. The van der Waals surface area contributed by atoms with Crippen molar-refractivity contribution in [2.45, 2.75) is 26.2 Å². The molecule has 2 rings (SSSR count). The highest BCUT2D eigenvalue weighted by Crippen LogP contribution is 2.22. The summed E-state index contributed by atoms with van der Waals surface area (Å²) in [5.41, 5.74) is 13.7. The van der Waals surface area contributed by atoms with E-state index >= 15 is 0 Å². The van der Waals surface area contributed by atoms with Crippen LogP contribution >= 0.6 is 0 Å². The van der Waals surface area contributed by atoms with Gasteiger partial charge in [-0.3, -0.25) is 4.79 Å². The molecule has 100 valence electrons. The summed E-state index contributed by atoms with van der Waals surface area (Å²) in [5, 5.41) is 1.01. The molecule has 0 bridgehead atoms. The highest BCUT2D eigenvalue weighted by molar-refractivity contribution is 5.93. The normalized spacial score (nSPS) is 10.8. The van der Waals surface area contributed by atoms with Gasteiger partial charge in [-0.1, -0.05) is 25.5 Å². The molecule has 1 heterocycles. The third-order valence-electron chi connectivity index (χ3n) is 3.01. The number of hydrogen-bond acceptors (Lipinski definition) is 4. The minimum Gasteiger partial charge on any atom is -0.363 e. The molecule has 0 fully saturated rings. The molecule has 0 saturated carbocycles. The van der Waals surface area contributed by atoms with Gasteiger partial charge < -0.3 is 11.5 Å². The van der Waals surface area contributed by atoms with Crippen LogP contribution in [0.5, 0.6) is 0 Å². The highest BCUT2D eigenvalue weighted by Gasteiger charge is 2.13. The van der Waals surface area contributed by atoms with E-state index in [1.807, 2.05) is 18.2 Å². The fourth-order valence-corrected chi connectivity index (χ4v) is 2.23. The van der Waals surface area contributed by atoms with Crippen molar-refractivity contribution in [3.63, 3.8) is 0 Å². The third kappa shape index (κ3) is 2.71. The number of benzene rings is 1. The average Bonchev–Trinajstić information content (AvgIpc) is 2.39. The minimum absolute atomic E-state index is 0.0841. The zero-order valence-electron chi connectivity index (χ0n) is 11.0. The molecule has 0 saturated heterocycles. The van der Waals surface area contributed by atoms with Gasteiger partial charge in [0.2, 0.25) is 5.82 Å². The smallest absolute Gasteiger partial charge is 0.286 e. The first-order valence-electron chi connectivity index (χ1n) is 6.45. The zero-order valence-corrected chi connectivity index (χ0v) is 11.0. The van der Waals surface area contributed by atoms with Crippen molar-refractivity contribution in [1.82, 2.24) is 9.97 Å². The predicted molar refractivity (Wildman–Crippen MR) is 74.8 cm³/mol. The van der Waals surface area contributed by atoms with E-state index in [9.17, 15) is 4.79 Å². The molecular formula is C14H18N4O. The second-order valence-corrected chi connectivity index (χ2v) is 4.46. The Bertz CT molecular complexity index is 610. The Balaban J connectivity index is 2.71. The Morgan fingerprint density at radius 1 is 1.26 bits per heavy atom. The lowest BCUT2D eigenvalue weighted by molar-refractivity contribution is 0.0990. The van der Waals surface area contributed by atoms with E-state index in [0.29, 0.717) is 6.54 Å². The van der Waals surface area contributed by atoms with Gasteiger partial charge in [-0.05, 0) is 31.0 Å². The topological polar surface area (TPSA) is 94.9 Å². The van der Waals surface area contributed by atoms with Crippen molar-refractivity contribution < 1.29 is 4.79 Å². The first-order valence-corrected chi connectivity index (χ1v) is 6.45. The number of rotatable bonds is 5. The van der Waals surface area contributed by atoms with Crippen LogP contribution in [0.25, 0.3) is 10.9 Å². The van der Waals surface area contributed by atoms with Gasteiger partial charge in [0.15, 0.2) is 0 Å². The van der Waals surface area contributed by atoms with Crippen LogP contribution in [-0.4, -0.2) is 22.4 Å². The molecule has 1 aromatic carbocycles. The summed E-state index contributed by atoms with van der Waals surface area (Å²) in [6, 6.07) is 5.82. The summed E-state index contributed by atoms with van der Waals surface area (Å²) >= 11 is 0. The van der Waals surface area contributed by atoms with E-state index < -0.39 is 5.91 Å². The third-order valence-corrected chi connectivity index (χ3v) is 3.01. The van der Waals surface area contributed by atoms with E-state index in [-0.39, 0.29) is 5.82 Å². The van der Waals surface area contributed by atoms with Crippen LogP contribution in [0, 0.1) is 0 Å². The number of aryl methyl sites for hydroxylation is 1. The molecule has 4 N–H and O–H groups in total. The quantitative estimate of drug-likeness (QED) is 0.842. The Labute approximate surface area is 112 Å². The summed E-state index contributed by atoms with van der Waals surface area (Å²) < 4.78 is 0. The molecule has 0 radical (unpaired) electrons. The van der Waals surface area contributed by atoms with E-state index in [1.54, 1.807) is 0 Å². The summed E-state index contributed by atoms with van der Waals surface area (Å²) in [6.07, 6.45) is 2.51. The Hall–Kier alpha value is -2.01. The molecule has 1 aromatic heterocycles. The highest BCUT2D eigenvalue weighted by atomic mass is 16.1. The Morgan fingerprint density at radius 2 is 2.05 bits per heavy atom. The van der Waals surface area contributed by atoms with E-state index in [1.165, 1.54) is 0 Å². The molecular weight excluding hydrogens is 240 g/mol. The molecule has 0 aliphatic carbocycles. The average molecular weight is 258 g/mol. The van der Waals surface area contributed by atoms with Crippen LogP contribution in [0.3, 0.4) is 0 Å². The number of aromatic nitrogens is 2. The van der Waals surface area contributed by atoms with Crippen LogP contribution in [0.4, 0.5) is 0 Å². The zero-order chi connectivity index (χ0) is 13.8. The molecule has 19 heavy (non-hydrogen) atoms.